The third-order valence-corrected chi connectivity index (χ3v) is 5.64. The third kappa shape index (κ3) is 5.08. The summed E-state index contributed by atoms with van der Waals surface area (Å²) in [5.41, 5.74) is 2.65. The Kier molecular flexibility index (Phi) is 6.32. The molecule has 1 aromatic rings. The summed E-state index contributed by atoms with van der Waals surface area (Å²) in [5.74, 6) is -0.446. The van der Waals surface area contributed by atoms with E-state index < -0.39 is 5.25 Å². The summed E-state index contributed by atoms with van der Waals surface area (Å²) >= 11 is 7.21. The lowest BCUT2D eigenvalue weighted by atomic mass is 9.99. The maximum absolute atomic E-state index is 12.3. The molecule has 0 spiro atoms. The average Bonchev–Trinajstić information content (AvgIpc) is 2.97. The van der Waals surface area contributed by atoms with Crippen molar-refractivity contribution >= 4 is 51.7 Å². The zero-order valence-corrected chi connectivity index (χ0v) is 16.1. The van der Waals surface area contributed by atoms with Crippen molar-refractivity contribution in [2.24, 2.45) is 10.2 Å². The number of halogens is 1. The summed E-state index contributed by atoms with van der Waals surface area (Å²) in [4.78, 5) is 24.4. The molecule has 1 aliphatic heterocycles. The van der Waals surface area contributed by atoms with Crippen LogP contribution < -0.4 is 10.6 Å². The molecular weight excluding hydrogens is 372 g/mol. The summed E-state index contributed by atoms with van der Waals surface area (Å²) in [6.45, 7) is 1.89. The molecular formula is C18H21ClN4O2S. The van der Waals surface area contributed by atoms with Gasteiger partial charge in [-0.2, -0.15) is 5.10 Å². The second-order valence-corrected chi connectivity index (χ2v) is 8.07. The van der Waals surface area contributed by atoms with Gasteiger partial charge in [-0.3, -0.25) is 9.59 Å². The SMILES string of the molecule is Cc1ccc(Cl)cc1NC(=O)C[C@H]1S/C(=N/N=C2CCCCC2)NC1=O. The molecule has 1 heterocycles. The van der Waals surface area contributed by atoms with Crippen LogP contribution in [0.3, 0.4) is 0 Å². The number of carbonyl (C=O) groups excluding carboxylic acids is 2. The van der Waals surface area contributed by atoms with Gasteiger partial charge in [0.05, 0.1) is 0 Å². The highest BCUT2D eigenvalue weighted by atomic mass is 35.5. The summed E-state index contributed by atoms with van der Waals surface area (Å²) in [7, 11) is 0. The van der Waals surface area contributed by atoms with Crippen LogP contribution in [0.2, 0.25) is 5.02 Å². The van der Waals surface area contributed by atoms with E-state index in [-0.39, 0.29) is 18.2 Å². The van der Waals surface area contributed by atoms with Gasteiger partial charge in [-0.1, -0.05) is 35.9 Å². The predicted octanol–water partition coefficient (Wildman–Crippen LogP) is 3.88. The van der Waals surface area contributed by atoms with Gasteiger partial charge in [0.1, 0.15) is 5.25 Å². The number of amides is 2. The lowest BCUT2D eigenvalue weighted by Gasteiger charge is -2.10. The monoisotopic (exact) mass is 392 g/mol. The van der Waals surface area contributed by atoms with Gasteiger partial charge in [0.25, 0.3) is 0 Å². The van der Waals surface area contributed by atoms with Crippen LogP contribution in [0.1, 0.15) is 44.1 Å². The van der Waals surface area contributed by atoms with Crippen LogP contribution in [0.25, 0.3) is 0 Å². The van der Waals surface area contributed by atoms with E-state index in [2.05, 4.69) is 20.8 Å². The van der Waals surface area contributed by atoms with Crippen LogP contribution >= 0.6 is 23.4 Å². The van der Waals surface area contributed by atoms with Crippen molar-refractivity contribution in [2.75, 3.05) is 5.32 Å². The van der Waals surface area contributed by atoms with E-state index in [4.69, 9.17) is 11.6 Å². The highest BCUT2D eigenvalue weighted by Crippen LogP contribution is 2.25. The Bertz CT molecular complexity index is 770. The number of rotatable bonds is 4. The fourth-order valence-electron chi connectivity index (χ4n) is 2.86. The Labute approximate surface area is 161 Å². The summed E-state index contributed by atoms with van der Waals surface area (Å²) in [6.07, 6.45) is 5.55. The van der Waals surface area contributed by atoms with Gasteiger partial charge >= 0.3 is 0 Å². The number of hydrogen-bond acceptors (Lipinski definition) is 5. The second kappa shape index (κ2) is 8.68. The molecule has 0 bridgehead atoms. The topological polar surface area (TPSA) is 82.9 Å². The molecule has 6 nitrogen and oxygen atoms in total. The van der Waals surface area contributed by atoms with Gasteiger partial charge in [0.15, 0.2) is 5.17 Å². The quantitative estimate of drug-likeness (QED) is 0.762. The molecule has 1 aromatic carbocycles. The molecule has 0 radical (unpaired) electrons. The van der Waals surface area contributed by atoms with Crippen LogP contribution in [0.15, 0.2) is 28.4 Å². The Morgan fingerprint density at radius 2 is 2.08 bits per heavy atom. The number of benzene rings is 1. The van der Waals surface area contributed by atoms with Crippen molar-refractivity contribution < 1.29 is 9.59 Å². The molecule has 1 saturated heterocycles. The van der Waals surface area contributed by atoms with Crippen LogP contribution in [0, 0.1) is 6.92 Å². The molecule has 2 amide bonds. The van der Waals surface area contributed by atoms with Crippen LogP contribution in [0.4, 0.5) is 5.69 Å². The minimum atomic E-state index is -0.500. The highest BCUT2D eigenvalue weighted by Gasteiger charge is 2.32. The number of nitrogens with zero attached hydrogens (tertiary/aromatic N) is 2. The fraction of sp³-hybridized carbons (Fsp3) is 0.444. The molecule has 2 N–H and O–H groups in total. The third-order valence-electron chi connectivity index (χ3n) is 4.33. The molecule has 1 atom stereocenters. The smallest absolute Gasteiger partial charge is 0.240 e. The van der Waals surface area contributed by atoms with E-state index >= 15 is 0 Å². The number of aryl methyl sites for hydroxylation is 1. The number of nitrogens with one attached hydrogen (secondary N) is 2. The number of amidine groups is 1. The minimum Gasteiger partial charge on any atom is -0.326 e. The predicted molar refractivity (Wildman–Crippen MR) is 107 cm³/mol. The van der Waals surface area contributed by atoms with Gasteiger partial charge in [0, 0.05) is 22.8 Å². The molecule has 8 heteroatoms. The molecule has 0 unspecified atom stereocenters. The number of carbonyl (C=O) groups is 2. The maximum atomic E-state index is 12.3. The van der Waals surface area contributed by atoms with E-state index in [0.717, 1.165) is 37.0 Å². The molecule has 26 heavy (non-hydrogen) atoms. The largest absolute Gasteiger partial charge is 0.326 e. The van der Waals surface area contributed by atoms with E-state index in [1.165, 1.54) is 18.2 Å². The molecule has 3 rings (SSSR count). The lowest BCUT2D eigenvalue weighted by molar-refractivity contribution is -0.122. The lowest BCUT2D eigenvalue weighted by Crippen LogP contribution is -2.28. The van der Waals surface area contributed by atoms with Gasteiger partial charge in [-0.15, -0.1) is 5.10 Å². The van der Waals surface area contributed by atoms with Crippen molar-refractivity contribution in [1.29, 1.82) is 0 Å². The summed E-state index contributed by atoms with van der Waals surface area (Å²) in [6, 6.07) is 5.30. The van der Waals surface area contributed by atoms with E-state index in [0.29, 0.717) is 15.9 Å². The van der Waals surface area contributed by atoms with Crippen molar-refractivity contribution in [3.8, 4) is 0 Å². The summed E-state index contributed by atoms with van der Waals surface area (Å²) < 4.78 is 0. The number of thioether (sulfide) groups is 1. The van der Waals surface area contributed by atoms with Gasteiger partial charge in [-0.25, -0.2) is 0 Å². The highest BCUT2D eigenvalue weighted by molar-refractivity contribution is 8.15. The van der Waals surface area contributed by atoms with E-state index in [9.17, 15) is 9.59 Å². The fourth-order valence-corrected chi connectivity index (χ4v) is 3.95. The molecule has 1 saturated carbocycles. The molecule has 2 fully saturated rings. The Balaban J connectivity index is 1.57. The number of hydrogen-bond donors (Lipinski definition) is 2. The Hall–Kier alpha value is -1.86. The van der Waals surface area contributed by atoms with E-state index in [1.54, 1.807) is 12.1 Å². The standard InChI is InChI=1S/C18H21ClN4O2S/c1-11-7-8-12(19)9-14(11)20-16(24)10-15-17(25)21-18(26-15)23-22-13-5-3-2-4-6-13/h7-9,15H,2-6,10H2,1H3,(H,20,24)(H,21,23,25)/t15-/m1/s1. The summed E-state index contributed by atoms with van der Waals surface area (Å²) in [5, 5.41) is 14.4. The first kappa shape index (κ1) is 18.9. The Morgan fingerprint density at radius 1 is 1.31 bits per heavy atom. The number of anilines is 1. The van der Waals surface area contributed by atoms with Crippen LogP contribution in [0.5, 0.6) is 0 Å². The average molecular weight is 393 g/mol. The second-order valence-electron chi connectivity index (χ2n) is 6.44. The first-order valence-corrected chi connectivity index (χ1v) is 9.94. The first-order valence-electron chi connectivity index (χ1n) is 8.68. The van der Waals surface area contributed by atoms with Crippen LogP contribution in [-0.2, 0) is 9.59 Å². The molecule has 138 valence electrons. The van der Waals surface area contributed by atoms with Gasteiger partial charge in [0.2, 0.25) is 11.8 Å². The van der Waals surface area contributed by atoms with Crippen molar-refractivity contribution in [3.63, 3.8) is 0 Å². The zero-order valence-electron chi connectivity index (χ0n) is 14.5. The molecule has 0 aromatic heterocycles. The van der Waals surface area contributed by atoms with Gasteiger partial charge in [-0.05, 0) is 50.3 Å². The maximum Gasteiger partial charge on any atom is 0.240 e. The van der Waals surface area contributed by atoms with E-state index in [1.807, 2.05) is 13.0 Å². The van der Waals surface area contributed by atoms with Crippen molar-refractivity contribution in [1.82, 2.24) is 5.32 Å². The van der Waals surface area contributed by atoms with Crippen molar-refractivity contribution in [3.05, 3.63) is 28.8 Å². The normalized spacial score (nSPS) is 21.6. The van der Waals surface area contributed by atoms with Crippen molar-refractivity contribution in [2.45, 2.75) is 50.7 Å². The molecule has 1 aliphatic carbocycles. The zero-order chi connectivity index (χ0) is 18.5. The van der Waals surface area contributed by atoms with Crippen LogP contribution in [-0.4, -0.2) is 27.9 Å². The molecule has 2 aliphatic rings. The van der Waals surface area contributed by atoms with Gasteiger partial charge < -0.3 is 10.6 Å². The first-order chi connectivity index (χ1) is 12.5. The Morgan fingerprint density at radius 3 is 2.85 bits per heavy atom. The minimum absolute atomic E-state index is 0.0675.